The summed E-state index contributed by atoms with van der Waals surface area (Å²) in [6, 6.07) is 8.86. The van der Waals surface area contributed by atoms with Crippen LogP contribution in [0.5, 0.6) is 0 Å². The van der Waals surface area contributed by atoms with Crippen molar-refractivity contribution < 1.29 is 19.2 Å². The molecule has 7 nitrogen and oxygen atoms in total. The standard InChI is InChI=1S/C23H29N3O4/c1-3-19(21(28)24-2)26(15-16-9-5-4-6-10-16)20(27)13-14-25-22(29)17-11-7-8-12-18(17)23(25)30/h4-10,17-19H,3,11-15H2,1-2H3,(H,24,28)/t17-,18+,19?. The van der Waals surface area contributed by atoms with Crippen LogP contribution in [0.3, 0.4) is 0 Å². The number of hydrogen-bond acceptors (Lipinski definition) is 4. The molecule has 3 rings (SSSR count). The maximum Gasteiger partial charge on any atom is 0.242 e. The number of benzene rings is 1. The molecule has 1 N–H and O–H groups in total. The molecule has 0 radical (unpaired) electrons. The second kappa shape index (κ2) is 9.69. The summed E-state index contributed by atoms with van der Waals surface area (Å²) in [5.74, 6) is -1.44. The Morgan fingerprint density at radius 1 is 1.10 bits per heavy atom. The first-order valence-electron chi connectivity index (χ1n) is 10.5. The summed E-state index contributed by atoms with van der Waals surface area (Å²) in [6.45, 7) is 2.21. The van der Waals surface area contributed by atoms with Crippen LogP contribution in [0.25, 0.3) is 0 Å². The fourth-order valence-electron chi connectivity index (χ4n) is 4.31. The smallest absolute Gasteiger partial charge is 0.242 e. The predicted octanol–water partition coefficient (Wildman–Crippen LogP) is 1.88. The molecule has 160 valence electrons. The van der Waals surface area contributed by atoms with Gasteiger partial charge in [-0.15, -0.1) is 0 Å². The van der Waals surface area contributed by atoms with Crippen LogP contribution in [-0.2, 0) is 25.7 Å². The molecule has 1 saturated heterocycles. The number of carbonyl (C=O) groups is 4. The summed E-state index contributed by atoms with van der Waals surface area (Å²) in [5, 5.41) is 2.62. The van der Waals surface area contributed by atoms with Gasteiger partial charge in [-0.3, -0.25) is 24.1 Å². The van der Waals surface area contributed by atoms with E-state index in [-0.39, 0.29) is 48.4 Å². The predicted molar refractivity (Wildman–Crippen MR) is 112 cm³/mol. The van der Waals surface area contributed by atoms with Gasteiger partial charge in [-0.1, -0.05) is 49.4 Å². The van der Waals surface area contributed by atoms with Crippen molar-refractivity contribution >= 4 is 23.6 Å². The lowest BCUT2D eigenvalue weighted by atomic mass is 9.85. The van der Waals surface area contributed by atoms with Gasteiger partial charge in [0.2, 0.25) is 23.6 Å². The molecule has 4 amide bonds. The first-order chi connectivity index (χ1) is 14.5. The number of hydrogen-bond donors (Lipinski definition) is 1. The molecule has 0 bridgehead atoms. The average Bonchev–Trinajstić information content (AvgIpc) is 3.02. The van der Waals surface area contributed by atoms with Gasteiger partial charge in [-0.2, -0.15) is 0 Å². The zero-order valence-electron chi connectivity index (χ0n) is 17.5. The van der Waals surface area contributed by atoms with E-state index in [0.717, 1.165) is 5.56 Å². The van der Waals surface area contributed by atoms with Crippen LogP contribution in [0, 0.1) is 11.8 Å². The molecule has 1 aliphatic carbocycles. The summed E-state index contributed by atoms with van der Waals surface area (Å²) >= 11 is 0. The van der Waals surface area contributed by atoms with Crippen molar-refractivity contribution in [2.24, 2.45) is 11.8 Å². The summed E-state index contributed by atoms with van der Waals surface area (Å²) in [6.07, 6.45) is 5.51. The van der Waals surface area contributed by atoms with Gasteiger partial charge in [-0.25, -0.2) is 0 Å². The zero-order chi connectivity index (χ0) is 21.7. The third-order valence-electron chi connectivity index (χ3n) is 5.98. The Hall–Kier alpha value is -2.96. The average molecular weight is 412 g/mol. The first kappa shape index (κ1) is 21.7. The van der Waals surface area contributed by atoms with E-state index in [9.17, 15) is 19.2 Å². The SMILES string of the molecule is CCC(C(=O)NC)N(Cc1ccccc1)C(=O)CCN1C(=O)[C@H]2CC=CC[C@H]2C1=O. The molecule has 1 aromatic rings. The van der Waals surface area contributed by atoms with Crippen molar-refractivity contribution in [2.45, 2.75) is 45.2 Å². The van der Waals surface area contributed by atoms with Crippen LogP contribution < -0.4 is 5.32 Å². The van der Waals surface area contributed by atoms with Gasteiger partial charge in [-0.05, 0) is 24.8 Å². The van der Waals surface area contributed by atoms with Crippen molar-refractivity contribution in [3.63, 3.8) is 0 Å². The third-order valence-corrected chi connectivity index (χ3v) is 5.98. The highest BCUT2D eigenvalue weighted by molar-refractivity contribution is 6.05. The summed E-state index contributed by atoms with van der Waals surface area (Å²) in [5.41, 5.74) is 0.915. The minimum Gasteiger partial charge on any atom is -0.357 e. The maximum absolute atomic E-state index is 13.1. The fourth-order valence-corrected chi connectivity index (χ4v) is 4.31. The summed E-state index contributed by atoms with van der Waals surface area (Å²) in [7, 11) is 1.55. The molecule has 0 spiro atoms. The lowest BCUT2D eigenvalue weighted by Crippen LogP contribution is -2.49. The van der Waals surface area contributed by atoms with Crippen LogP contribution in [0.1, 0.15) is 38.2 Å². The molecular weight excluding hydrogens is 382 g/mol. The normalized spacial score (nSPS) is 21.3. The van der Waals surface area contributed by atoms with Crippen LogP contribution in [0.2, 0.25) is 0 Å². The van der Waals surface area contributed by atoms with Gasteiger partial charge in [0.15, 0.2) is 0 Å². The number of imide groups is 1. The number of nitrogens with zero attached hydrogens (tertiary/aromatic N) is 2. The van der Waals surface area contributed by atoms with E-state index < -0.39 is 6.04 Å². The summed E-state index contributed by atoms with van der Waals surface area (Å²) in [4.78, 5) is 53.6. The Kier molecular flexibility index (Phi) is 7.03. The number of allylic oxidation sites excluding steroid dienone is 2. The number of likely N-dealkylation sites (tertiary alicyclic amines) is 1. The highest BCUT2D eigenvalue weighted by Gasteiger charge is 2.47. The summed E-state index contributed by atoms with van der Waals surface area (Å²) < 4.78 is 0. The molecule has 1 aliphatic heterocycles. The van der Waals surface area contributed by atoms with Crippen LogP contribution in [-0.4, -0.2) is 53.1 Å². The Balaban J connectivity index is 1.72. The highest BCUT2D eigenvalue weighted by Crippen LogP contribution is 2.35. The molecule has 0 aromatic heterocycles. The Morgan fingerprint density at radius 2 is 1.70 bits per heavy atom. The van der Waals surface area contributed by atoms with E-state index in [0.29, 0.717) is 25.8 Å². The second-order valence-electron chi connectivity index (χ2n) is 7.78. The zero-order valence-corrected chi connectivity index (χ0v) is 17.5. The van der Waals surface area contributed by atoms with E-state index in [1.165, 1.54) is 4.90 Å². The van der Waals surface area contributed by atoms with E-state index in [1.54, 1.807) is 11.9 Å². The van der Waals surface area contributed by atoms with Crippen molar-refractivity contribution in [2.75, 3.05) is 13.6 Å². The number of nitrogens with one attached hydrogen (secondary N) is 1. The van der Waals surface area contributed by atoms with Crippen LogP contribution >= 0.6 is 0 Å². The van der Waals surface area contributed by atoms with E-state index in [4.69, 9.17) is 0 Å². The quantitative estimate of drug-likeness (QED) is 0.523. The van der Waals surface area contributed by atoms with E-state index in [1.807, 2.05) is 49.4 Å². The van der Waals surface area contributed by atoms with Gasteiger partial charge in [0, 0.05) is 26.6 Å². The molecule has 0 saturated carbocycles. The Morgan fingerprint density at radius 3 is 2.23 bits per heavy atom. The molecule has 7 heteroatoms. The molecule has 1 aromatic carbocycles. The van der Waals surface area contributed by atoms with Crippen molar-refractivity contribution in [3.05, 3.63) is 48.0 Å². The lowest BCUT2D eigenvalue weighted by molar-refractivity contribution is -0.144. The second-order valence-corrected chi connectivity index (χ2v) is 7.78. The van der Waals surface area contributed by atoms with Gasteiger partial charge in [0.1, 0.15) is 6.04 Å². The van der Waals surface area contributed by atoms with Crippen molar-refractivity contribution in [1.29, 1.82) is 0 Å². The minimum atomic E-state index is -0.612. The number of likely N-dealkylation sites (N-methyl/N-ethyl adjacent to an activating group) is 1. The van der Waals surface area contributed by atoms with Gasteiger partial charge in [0.25, 0.3) is 0 Å². The minimum absolute atomic E-state index is 0.00464. The number of fused-ring (bicyclic) bond motifs is 1. The van der Waals surface area contributed by atoms with E-state index in [2.05, 4.69) is 5.32 Å². The van der Waals surface area contributed by atoms with Gasteiger partial charge in [0.05, 0.1) is 11.8 Å². The van der Waals surface area contributed by atoms with Crippen molar-refractivity contribution in [1.82, 2.24) is 15.1 Å². The Labute approximate surface area is 177 Å². The molecule has 1 unspecified atom stereocenters. The molecular formula is C23H29N3O4. The highest BCUT2D eigenvalue weighted by atomic mass is 16.2. The maximum atomic E-state index is 13.1. The van der Waals surface area contributed by atoms with Crippen LogP contribution in [0.4, 0.5) is 0 Å². The first-order valence-corrected chi connectivity index (χ1v) is 10.5. The molecule has 1 fully saturated rings. The molecule has 1 heterocycles. The largest absolute Gasteiger partial charge is 0.357 e. The third kappa shape index (κ3) is 4.45. The monoisotopic (exact) mass is 411 g/mol. The van der Waals surface area contributed by atoms with Gasteiger partial charge < -0.3 is 10.2 Å². The molecule has 3 atom stereocenters. The number of rotatable bonds is 8. The van der Waals surface area contributed by atoms with E-state index >= 15 is 0 Å². The molecule has 30 heavy (non-hydrogen) atoms. The number of carbonyl (C=O) groups excluding carboxylic acids is 4. The topological polar surface area (TPSA) is 86.8 Å². The molecule has 2 aliphatic rings. The van der Waals surface area contributed by atoms with Crippen molar-refractivity contribution in [3.8, 4) is 0 Å². The van der Waals surface area contributed by atoms with Crippen LogP contribution in [0.15, 0.2) is 42.5 Å². The lowest BCUT2D eigenvalue weighted by Gasteiger charge is -2.30. The van der Waals surface area contributed by atoms with Gasteiger partial charge >= 0.3 is 0 Å². The fraction of sp³-hybridized carbons (Fsp3) is 0.478. The Bertz CT molecular complexity index is 810. The number of amides is 4.